The Labute approximate surface area is 143 Å². The van der Waals surface area contributed by atoms with Gasteiger partial charge in [0.1, 0.15) is 35.9 Å². The zero-order valence-corrected chi connectivity index (χ0v) is 13.3. The summed E-state index contributed by atoms with van der Waals surface area (Å²) in [6.45, 7) is -0.589. The van der Waals surface area contributed by atoms with Gasteiger partial charge in [-0.05, 0) is 18.2 Å². The predicted octanol–water partition coefficient (Wildman–Crippen LogP) is -1.03. The smallest absolute Gasteiger partial charge is 0.328 e. The molecule has 0 bridgehead atoms. The van der Waals surface area contributed by atoms with Gasteiger partial charge >= 0.3 is 5.97 Å². The minimum atomic E-state index is -1.58. The Morgan fingerprint density at radius 3 is 2.56 bits per heavy atom. The van der Waals surface area contributed by atoms with Crippen molar-refractivity contribution in [3.05, 3.63) is 29.8 Å². The second-order valence-corrected chi connectivity index (χ2v) is 5.39. The molecule has 0 radical (unpaired) electrons. The summed E-state index contributed by atoms with van der Waals surface area (Å²) < 4.78 is 15.9. The minimum Gasteiger partial charge on any atom is -0.497 e. The first kappa shape index (κ1) is 19.2. The molecule has 1 aromatic rings. The summed E-state index contributed by atoms with van der Waals surface area (Å²) in [7, 11) is 1.43. The molecule has 138 valence electrons. The van der Waals surface area contributed by atoms with E-state index in [1.165, 1.54) is 25.3 Å². The van der Waals surface area contributed by atoms with E-state index in [0.717, 1.165) is 6.08 Å². The standard InChI is InChI=1S/C16H20O9/c1-23-9-4-2-8(3-5-12(18)19)10(6-9)24-16-15(22)14(21)13(20)11(7-17)25-16/h2-6,11,13-17,20-22H,7H2,1H3,(H,18,19)/b5-3+. The maximum Gasteiger partial charge on any atom is 0.328 e. The van der Waals surface area contributed by atoms with Crippen LogP contribution in [0.3, 0.4) is 0 Å². The third-order valence-electron chi connectivity index (χ3n) is 3.72. The molecule has 5 unspecified atom stereocenters. The minimum absolute atomic E-state index is 0.126. The van der Waals surface area contributed by atoms with Gasteiger partial charge in [-0.2, -0.15) is 0 Å². The Bertz CT molecular complexity index is 628. The van der Waals surface area contributed by atoms with E-state index in [0.29, 0.717) is 11.3 Å². The molecule has 25 heavy (non-hydrogen) atoms. The summed E-state index contributed by atoms with van der Waals surface area (Å²) in [6, 6.07) is 4.57. The highest BCUT2D eigenvalue weighted by Crippen LogP contribution is 2.30. The molecule has 0 aliphatic carbocycles. The van der Waals surface area contributed by atoms with E-state index in [-0.39, 0.29) is 5.75 Å². The van der Waals surface area contributed by atoms with Crippen molar-refractivity contribution in [2.45, 2.75) is 30.7 Å². The molecule has 1 aromatic carbocycles. The lowest BCUT2D eigenvalue weighted by Crippen LogP contribution is -2.60. The van der Waals surface area contributed by atoms with Gasteiger partial charge in [0.15, 0.2) is 0 Å². The number of carboxylic acids is 1. The Morgan fingerprint density at radius 1 is 1.24 bits per heavy atom. The lowest BCUT2D eigenvalue weighted by atomic mass is 9.99. The number of aliphatic hydroxyl groups is 4. The molecule has 1 saturated heterocycles. The SMILES string of the molecule is COc1ccc(/C=C/C(=O)O)c(OC2OC(CO)C(O)C(O)C2O)c1. The Balaban J connectivity index is 2.29. The van der Waals surface area contributed by atoms with E-state index in [1.54, 1.807) is 6.07 Å². The maximum absolute atomic E-state index is 10.7. The highest BCUT2D eigenvalue weighted by atomic mass is 16.7. The summed E-state index contributed by atoms with van der Waals surface area (Å²) in [6.07, 6.45) is -4.99. The number of ether oxygens (including phenoxy) is 3. The van der Waals surface area contributed by atoms with Crippen LogP contribution < -0.4 is 9.47 Å². The van der Waals surface area contributed by atoms with Crippen LogP contribution in [-0.4, -0.2) is 75.9 Å². The lowest BCUT2D eigenvalue weighted by molar-refractivity contribution is -0.277. The first-order valence-corrected chi connectivity index (χ1v) is 7.43. The van der Waals surface area contributed by atoms with Gasteiger partial charge in [0.2, 0.25) is 6.29 Å². The van der Waals surface area contributed by atoms with Gasteiger partial charge in [-0.1, -0.05) is 0 Å². The first-order valence-electron chi connectivity index (χ1n) is 7.43. The molecule has 0 amide bonds. The molecule has 1 heterocycles. The molecule has 1 aliphatic rings. The number of hydrogen-bond donors (Lipinski definition) is 5. The zero-order chi connectivity index (χ0) is 18.6. The van der Waals surface area contributed by atoms with Crippen molar-refractivity contribution < 1.29 is 44.5 Å². The van der Waals surface area contributed by atoms with Crippen molar-refractivity contribution in [2.75, 3.05) is 13.7 Å². The molecule has 0 aromatic heterocycles. The van der Waals surface area contributed by atoms with Gasteiger partial charge in [0.25, 0.3) is 0 Å². The summed E-state index contributed by atoms with van der Waals surface area (Å²) >= 11 is 0. The summed E-state index contributed by atoms with van der Waals surface area (Å²) in [4.78, 5) is 10.7. The van der Waals surface area contributed by atoms with Gasteiger partial charge in [-0.15, -0.1) is 0 Å². The van der Waals surface area contributed by atoms with Crippen LogP contribution in [-0.2, 0) is 9.53 Å². The topological polar surface area (TPSA) is 146 Å². The molecule has 0 spiro atoms. The summed E-state index contributed by atoms with van der Waals surface area (Å²) in [5.74, 6) is -0.622. The van der Waals surface area contributed by atoms with Crippen molar-refractivity contribution in [1.29, 1.82) is 0 Å². The number of aliphatic hydroxyl groups excluding tert-OH is 4. The number of rotatable bonds is 6. The summed E-state index contributed by atoms with van der Waals surface area (Å²) in [5, 5.41) is 47.6. The number of methoxy groups -OCH3 is 1. The second kappa shape index (κ2) is 8.28. The number of aliphatic carboxylic acids is 1. The molecule has 1 aliphatic heterocycles. The van der Waals surface area contributed by atoms with Crippen LogP contribution >= 0.6 is 0 Å². The molecule has 9 heteroatoms. The zero-order valence-electron chi connectivity index (χ0n) is 13.3. The van der Waals surface area contributed by atoms with Gasteiger partial charge in [-0.3, -0.25) is 0 Å². The van der Waals surface area contributed by atoms with Crippen LogP contribution in [0.5, 0.6) is 11.5 Å². The summed E-state index contributed by atoms with van der Waals surface area (Å²) in [5.41, 5.74) is 0.361. The maximum atomic E-state index is 10.7. The molecule has 9 nitrogen and oxygen atoms in total. The Hall–Kier alpha value is -2.17. The van der Waals surface area contributed by atoms with Crippen LogP contribution in [0.15, 0.2) is 24.3 Å². The third kappa shape index (κ3) is 4.47. The number of benzene rings is 1. The molecule has 2 rings (SSSR count). The Morgan fingerprint density at radius 2 is 1.96 bits per heavy atom. The first-order chi connectivity index (χ1) is 11.9. The van der Waals surface area contributed by atoms with Crippen molar-refractivity contribution in [2.24, 2.45) is 0 Å². The van der Waals surface area contributed by atoms with Gasteiger partial charge in [-0.25, -0.2) is 4.79 Å². The molecule has 5 atom stereocenters. The van der Waals surface area contributed by atoms with Crippen LogP contribution in [0.25, 0.3) is 6.08 Å². The second-order valence-electron chi connectivity index (χ2n) is 5.39. The van der Waals surface area contributed by atoms with E-state index in [1.807, 2.05) is 0 Å². The van der Waals surface area contributed by atoms with Crippen LogP contribution in [0.1, 0.15) is 5.56 Å². The average Bonchev–Trinajstić information content (AvgIpc) is 2.60. The van der Waals surface area contributed by atoms with Crippen molar-refractivity contribution in [1.82, 2.24) is 0 Å². The monoisotopic (exact) mass is 356 g/mol. The van der Waals surface area contributed by atoms with Crippen molar-refractivity contribution >= 4 is 12.0 Å². The molecule has 0 saturated carbocycles. The molecule has 5 N–H and O–H groups in total. The van der Waals surface area contributed by atoms with E-state index >= 15 is 0 Å². The fourth-order valence-corrected chi connectivity index (χ4v) is 2.33. The Kier molecular flexibility index (Phi) is 6.34. The average molecular weight is 356 g/mol. The molecular formula is C16H20O9. The number of carbonyl (C=O) groups is 1. The van der Waals surface area contributed by atoms with Crippen LogP contribution in [0, 0.1) is 0 Å². The number of carboxylic acid groups (broad SMARTS) is 1. The molecular weight excluding hydrogens is 336 g/mol. The normalized spacial score (nSPS) is 29.6. The van der Waals surface area contributed by atoms with Crippen LogP contribution in [0.2, 0.25) is 0 Å². The van der Waals surface area contributed by atoms with Gasteiger partial charge in [0.05, 0.1) is 13.7 Å². The van der Waals surface area contributed by atoms with Crippen LogP contribution in [0.4, 0.5) is 0 Å². The van der Waals surface area contributed by atoms with Crippen molar-refractivity contribution in [3.8, 4) is 11.5 Å². The van der Waals surface area contributed by atoms with E-state index in [9.17, 15) is 25.2 Å². The highest BCUT2D eigenvalue weighted by molar-refractivity contribution is 5.86. The largest absolute Gasteiger partial charge is 0.497 e. The fraction of sp³-hybridized carbons (Fsp3) is 0.438. The van der Waals surface area contributed by atoms with E-state index < -0.39 is 43.3 Å². The molecule has 1 fully saturated rings. The fourth-order valence-electron chi connectivity index (χ4n) is 2.33. The van der Waals surface area contributed by atoms with E-state index in [2.05, 4.69) is 0 Å². The van der Waals surface area contributed by atoms with E-state index in [4.69, 9.17) is 19.3 Å². The van der Waals surface area contributed by atoms with Gasteiger partial charge in [0, 0.05) is 17.7 Å². The highest BCUT2D eigenvalue weighted by Gasteiger charge is 2.44. The number of hydrogen-bond acceptors (Lipinski definition) is 8. The third-order valence-corrected chi connectivity index (χ3v) is 3.72. The van der Waals surface area contributed by atoms with Gasteiger partial charge < -0.3 is 39.7 Å². The quantitative estimate of drug-likeness (QED) is 0.404. The van der Waals surface area contributed by atoms with Crippen molar-refractivity contribution in [3.63, 3.8) is 0 Å². The predicted molar refractivity (Wildman–Crippen MR) is 84.1 cm³/mol. The lowest BCUT2D eigenvalue weighted by Gasteiger charge is -2.39.